The predicted molar refractivity (Wildman–Crippen MR) is 110 cm³/mol. The summed E-state index contributed by atoms with van der Waals surface area (Å²) in [4.78, 5) is 24.5. The minimum atomic E-state index is -0.651. The topological polar surface area (TPSA) is 64.6 Å². The van der Waals surface area contributed by atoms with E-state index in [2.05, 4.69) is 5.32 Å². The van der Waals surface area contributed by atoms with E-state index in [1.54, 1.807) is 18.2 Å². The summed E-state index contributed by atoms with van der Waals surface area (Å²) in [5, 5.41) is 5.03. The standard InChI is InChI=1S/C23H23NO4/c1-4-21(28-19-12-11-16-7-5-6-8-17(16)13-19)22(25)24-20-14-18(23(26)27-3)10-9-15(20)2/h5-14,21H,4H2,1-3H3,(H,24,25)/t21-/m1/s1. The lowest BCUT2D eigenvalue weighted by Gasteiger charge is -2.18. The number of hydrogen-bond donors (Lipinski definition) is 1. The molecule has 28 heavy (non-hydrogen) atoms. The van der Waals surface area contributed by atoms with Crippen molar-refractivity contribution >= 4 is 28.3 Å². The number of esters is 1. The van der Waals surface area contributed by atoms with Crippen molar-refractivity contribution in [2.24, 2.45) is 0 Å². The van der Waals surface area contributed by atoms with Crippen LogP contribution in [0.2, 0.25) is 0 Å². The van der Waals surface area contributed by atoms with E-state index in [0.29, 0.717) is 23.4 Å². The Labute approximate surface area is 164 Å². The molecule has 0 aliphatic rings. The highest BCUT2D eigenvalue weighted by atomic mass is 16.5. The zero-order valence-electron chi connectivity index (χ0n) is 16.2. The minimum absolute atomic E-state index is 0.263. The van der Waals surface area contributed by atoms with Crippen LogP contribution in [-0.2, 0) is 9.53 Å². The van der Waals surface area contributed by atoms with Gasteiger partial charge in [0.1, 0.15) is 5.75 Å². The fourth-order valence-corrected chi connectivity index (χ4v) is 2.94. The van der Waals surface area contributed by atoms with E-state index in [1.165, 1.54) is 7.11 Å². The van der Waals surface area contributed by atoms with Crippen LogP contribution in [0.4, 0.5) is 5.69 Å². The van der Waals surface area contributed by atoms with Gasteiger partial charge in [0.05, 0.1) is 12.7 Å². The average molecular weight is 377 g/mol. The number of carbonyl (C=O) groups excluding carboxylic acids is 2. The summed E-state index contributed by atoms with van der Waals surface area (Å²) in [5.74, 6) is -0.0727. The fraction of sp³-hybridized carbons (Fsp3) is 0.217. The molecule has 5 nitrogen and oxygen atoms in total. The Morgan fingerprint density at radius 3 is 2.46 bits per heavy atom. The molecule has 0 fully saturated rings. The van der Waals surface area contributed by atoms with Crippen molar-refractivity contribution in [2.75, 3.05) is 12.4 Å². The van der Waals surface area contributed by atoms with E-state index in [1.807, 2.05) is 56.3 Å². The maximum absolute atomic E-state index is 12.8. The Morgan fingerprint density at radius 2 is 1.75 bits per heavy atom. The monoisotopic (exact) mass is 377 g/mol. The van der Waals surface area contributed by atoms with E-state index < -0.39 is 12.1 Å². The lowest BCUT2D eigenvalue weighted by atomic mass is 10.1. The highest BCUT2D eigenvalue weighted by molar-refractivity contribution is 5.97. The lowest BCUT2D eigenvalue weighted by molar-refractivity contribution is -0.122. The lowest BCUT2D eigenvalue weighted by Crippen LogP contribution is -2.32. The van der Waals surface area contributed by atoms with Crippen molar-refractivity contribution in [1.82, 2.24) is 0 Å². The summed E-state index contributed by atoms with van der Waals surface area (Å²) >= 11 is 0. The smallest absolute Gasteiger partial charge is 0.337 e. The molecule has 0 aliphatic carbocycles. The molecule has 0 saturated carbocycles. The zero-order valence-corrected chi connectivity index (χ0v) is 16.2. The normalized spacial score (nSPS) is 11.7. The number of nitrogens with one attached hydrogen (secondary N) is 1. The van der Waals surface area contributed by atoms with Crippen molar-refractivity contribution in [2.45, 2.75) is 26.4 Å². The molecule has 0 bridgehead atoms. The van der Waals surface area contributed by atoms with Gasteiger partial charge in [-0.2, -0.15) is 0 Å². The summed E-state index contributed by atoms with van der Waals surface area (Å²) in [5.41, 5.74) is 1.79. The maximum Gasteiger partial charge on any atom is 0.337 e. The number of amides is 1. The number of benzene rings is 3. The molecule has 0 unspecified atom stereocenters. The molecule has 3 aromatic carbocycles. The van der Waals surface area contributed by atoms with Crippen LogP contribution in [0.1, 0.15) is 29.3 Å². The van der Waals surface area contributed by atoms with Crippen LogP contribution in [0.15, 0.2) is 60.7 Å². The van der Waals surface area contributed by atoms with E-state index in [4.69, 9.17) is 9.47 Å². The van der Waals surface area contributed by atoms with E-state index in [9.17, 15) is 9.59 Å². The summed E-state index contributed by atoms with van der Waals surface area (Å²) in [6.45, 7) is 3.75. The molecular formula is C23H23NO4. The van der Waals surface area contributed by atoms with Crippen LogP contribution < -0.4 is 10.1 Å². The SMILES string of the molecule is CC[C@@H](Oc1ccc2ccccc2c1)C(=O)Nc1cc(C(=O)OC)ccc1C. The molecule has 3 aromatic rings. The number of hydrogen-bond acceptors (Lipinski definition) is 4. The highest BCUT2D eigenvalue weighted by Crippen LogP contribution is 2.23. The van der Waals surface area contributed by atoms with Crippen LogP contribution in [0.25, 0.3) is 10.8 Å². The molecule has 1 N–H and O–H groups in total. The molecule has 1 atom stereocenters. The van der Waals surface area contributed by atoms with Gasteiger partial charge in [0.2, 0.25) is 0 Å². The molecule has 0 heterocycles. The zero-order chi connectivity index (χ0) is 20.1. The number of carbonyl (C=O) groups is 2. The van der Waals surface area contributed by atoms with Gasteiger partial charge in [-0.25, -0.2) is 4.79 Å². The van der Waals surface area contributed by atoms with Gasteiger partial charge in [-0.15, -0.1) is 0 Å². The maximum atomic E-state index is 12.8. The Hall–Kier alpha value is -3.34. The van der Waals surface area contributed by atoms with E-state index in [0.717, 1.165) is 16.3 Å². The van der Waals surface area contributed by atoms with Gasteiger partial charge in [0.25, 0.3) is 5.91 Å². The van der Waals surface area contributed by atoms with Crippen molar-refractivity contribution in [3.8, 4) is 5.75 Å². The van der Waals surface area contributed by atoms with Crippen molar-refractivity contribution in [3.05, 3.63) is 71.8 Å². The molecule has 0 saturated heterocycles. The number of methoxy groups -OCH3 is 1. The van der Waals surface area contributed by atoms with Gasteiger partial charge in [-0.3, -0.25) is 4.79 Å². The van der Waals surface area contributed by atoms with Crippen LogP contribution in [-0.4, -0.2) is 25.1 Å². The fourth-order valence-electron chi connectivity index (χ4n) is 2.94. The van der Waals surface area contributed by atoms with Gasteiger partial charge in [0, 0.05) is 5.69 Å². The molecule has 144 valence electrons. The molecule has 0 radical (unpaired) electrons. The van der Waals surface area contributed by atoms with Gasteiger partial charge in [-0.05, 0) is 53.9 Å². The Kier molecular flexibility index (Phi) is 5.94. The second kappa shape index (κ2) is 8.57. The molecule has 3 rings (SSSR count). The molecule has 0 aromatic heterocycles. The van der Waals surface area contributed by atoms with Gasteiger partial charge in [-0.1, -0.05) is 43.3 Å². The number of anilines is 1. The van der Waals surface area contributed by atoms with Crippen molar-refractivity contribution in [1.29, 1.82) is 0 Å². The molecule has 0 spiro atoms. The van der Waals surface area contributed by atoms with Gasteiger partial charge < -0.3 is 14.8 Å². The average Bonchev–Trinajstić information content (AvgIpc) is 2.72. The third-order valence-electron chi connectivity index (χ3n) is 4.58. The van der Waals surface area contributed by atoms with Crippen molar-refractivity contribution in [3.63, 3.8) is 0 Å². The second-order valence-electron chi connectivity index (χ2n) is 6.53. The quantitative estimate of drug-likeness (QED) is 0.631. The Balaban J connectivity index is 1.77. The number of ether oxygens (including phenoxy) is 2. The number of fused-ring (bicyclic) bond motifs is 1. The van der Waals surface area contributed by atoms with Crippen molar-refractivity contribution < 1.29 is 19.1 Å². The summed E-state index contributed by atoms with van der Waals surface area (Å²) in [6.07, 6.45) is -0.142. The first-order chi connectivity index (χ1) is 13.5. The predicted octanol–water partition coefficient (Wildman–Crippen LogP) is 4.73. The largest absolute Gasteiger partial charge is 0.481 e. The second-order valence-corrected chi connectivity index (χ2v) is 6.53. The first-order valence-electron chi connectivity index (χ1n) is 9.17. The summed E-state index contributed by atoms with van der Waals surface area (Å²) < 4.78 is 10.7. The third-order valence-corrected chi connectivity index (χ3v) is 4.58. The Bertz CT molecular complexity index is 1010. The highest BCUT2D eigenvalue weighted by Gasteiger charge is 2.20. The van der Waals surface area contributed by atoms with E-state index >= 15 is 0 Å². The van der Waals surface area contributed by atoms with Gasteiger partial charge >= 0.3 is 5.97 Å². The number of rotatable bonds is 6. The Morgan fingerprint density at radius 1 is 1.00 bits per heavy atom. The number of aryl methyl sites for hydroxylation is 1. The minimum Gasteiger partial charge on any atom is -0.481 e. The third kappa shape index (κ3) is 4.31. The first-order valence-corrected chi connectivity index (χ1v) is 9.17. The summed E-state index contributed by atoms with van der Waals surface area (Å²) in [6, 6.07) is 18.8. The van der Waals surface area contributed by atoms with E-state index in [-0.39, 0.29) is 5.91 Å². The molecule has 5 heteroatoms. The summed E-state index contributed by atoms with van der Waals surface area (Å²) in [7, 11) is 1.32. The van der Waals surface area contributed by atoms with Crippen LogP contribution in [0, 0.1) is 6.92 Å². The van der Waals surface area contributed by atoms with Crippen LogP contribution >= 0.6 is 0 Å². The first kappa shape index (κ1) is 19.4. The molecule has 1 amide bonds. The van der Waals surface area contributed by atoms with Crippen LogP contribution in [0.5, 0.6) is 5.75 Å². The molecule has 0 aliphatic heterocycles. The molecular weight excluding hydrogens is 354 g/mol. The van der Waals surface area contributed by atoms with Gasteiger partial charge in [0.15, 0.2) is 6.10 Å². The van der Waals surface area contributed by atoms with Crippen LogP contribution in [0.3, 0.4) is 0 Å².